The molecule has 0 spiro atoms. The van der Waals surface area contributed by atoms with Gasteiger partial charge in [0, 0.05) is 12.6 Å². The van der Waals surface area contributed by atoms with Crippen molar-refractivity contribution in [3.8, 4) is 0 Å². The van der Waals surface area contributed by atoms with Crippen molar-refractivity contribution in [2.24, 2.45) is 5.73 Å². The summed E-state index contributed by atoms with van der Waals surface area (Å²) in [5.41, 5.74) is 7.13. The first-order valence-corrected chi connectivity index (χ1v) is 7.68. The number of amides is 1. The lowest BCUT2D eigenvalue weighted by atomic mass is 10.1. The number of nitrogens with zero attached hydrogens (tertiary/aromatic N) is 3. The van der Waals surface area contributed by atoms with Crippen LogP contribution in [0.2, 0.25) is 0 Å². The summed E-state index contributed by atoms with van der Waals surface area (Å²) in [6.07, 6.45) is 4.68. The van der Waals surface area contributed by atoms with Crippen molar-refractivity contribution < 1.29 is 4.79 Å². The lowest BCUT2D eigenvalue weighted by molar-refractivity contribution is 0.0930. The molecular formula is C16H24ClN5O. The first-order valence-electron chi connectivity index (χ1n) is 7.68. The zero-order valence-corrected chi connectivity index (χ0v) is 14.1. The molecule has 1 aromatic carbocycles. The number of hydrogen-bond acceptors (Lipinski definition) is 4. The van der Waals surface area contributed by atoms with Crippen LogP contribution >= 0.6 is 12.4 Å². The first kappa shape index (κ1) is 19.1. The quantitative estimate of drug-likeness (QED) is 0.771. The maximum atomic E-state index is 12.2. The monoisotopic (exact) mass is 337 g/mol. The second-order valence-electron chi connectivity index (χ2n) is 5.34. The Bertz CT molecular complexity index is 587. The molecule has 0 aliphatic rings. The summed E-state index contributed by atoms with van der Waals surface area (Å²) in [5, 5.41) is 10.9. The van der Waals surface area contributed by atoms with Crippen LogP contribution in [0.3, 0.4) is 0 Å². The van der Waals surface area contributed by atoms with Crippen LogP contribution in [0.4, 0.5) is 0 Å². The number of carbonyl (C=O) groups is 1. The van der Waals surface area contributed by atoms with Crippen molar-refractivity contribution in [3.05, 3.63) is 47.8 Å². The van der Waals surface area contributed by atoms with Gasteiger partial charge < -0.3 is 11.1 Å². The third-order valence-electron chi connectivity index (χ3n) is 3.48. The molecule has 2 rings (SSSR count). The largest absolute Gasteiger partial charge is 0.347 e. The van der Waals surface area contributed by atoms with Gasteiger partial charge in [-0.1, -0.05) is 55.3 Å². The van der Waals surface area contributed by atoms with E-state index in [4.69, 9.17) is 5.73 Å². The van der Waals surface area contributed by atoms with Crippen LogP contribution in [-0.4, -0.2) is 33.5 Å². The summed E-state index contributed by atoms with van der Waals surface area (Å²) in [5.74, 6) is -0.217. The molecule has 126 valence electrons. The van der Waals surface area contributed by atoms with Gasteiger partial charge in [0.15, 0.2) is 5.69 Å². The van der Waals surface area contributed by atoms with Crippen LogP contribution in [0, 0.1) is 0 Å². The van der Waals surface area contributed by atoms with Crippen LogP contribution in [0.5, 0.6) is 0 Å². The molecule has 0 saturated heterocycles. The fourth-order valence-corrected chi connectivity index (χ4v) is 2.21. The number of carbonyl (C=O) groups excluding carboxylic acids is 1. The topological polar surface area (TPSA) is 85.8 Å². The highest BCUT2D eigenvalue weighted by atomic mass is 35.5. The number of hydrogen-bond donors (Lipinski definition) is 2. The highest BCUT2D eigenvalue weighted by molar-refractivity contribution is 5.92. The second-order valence-corrected chi connectivity index (χ2v) is 5.34. The number of benzene rings is 1. The molecule has 0 aliphatic heterocycles. The standard InChI is InChI=1S/C16H23N5O.ClH/c1-2-3-9-14(10-17)18-16(22)15-12-21(20-19-15)11-13-7-5-4-6-8-13;/h4-8,12,14H,2-3,9-11,17H2,1H3,(H,18,22);1H. The number of unbranched alkanes of at least 4 members (excludes halogenated alkanes) is 1. The molecule has 0 aliphatic carbocycles. The van der Waals surface area contributed by atoms with E-state index in [1.54, 1.807) is 10.9 Å². The highest BCUT2D eigenvalue weighted by Gasteiger charge is 2.15. The Morgan fingerprint density at radius 2 is 2.09 bits per heavy atom. The Hall–Kier alpha value is -1.92. The van der Waals surface area contributed by atoms with Gasteiger partial charge in [-0.25, -0.2) is 4.68 Å². The molecule has 0 fully saturated rings. The molecule has 1 unspecified atom stereocenters. The molecule has 3 N–H and O–H groups in total. The number of nitrogens with two attached hydrogens (primary N) is 1. The van der Waals surface area contributed by atoms with Gasteiger partial charge in [0.25, 0.3) is 5.91 Å². The van der Waals surface area contributed by atoms with Gasteiger partial charge in [0.1, 0.15) is 0 Å². The molecule has 2 aromatic rings. The van der Waals surface area contributed by atoms with Crippen LogP contribution in [0.25, 0.3) is 0 Å². The fraction of sp³-hybridized carbons (Fsp3) is 0.438. The molecule has 0 bridgehead atoms. The zero-order chi connectivity index (χ0) is 15.8. The minimum atomic E-state index is -0.217. The minimum Gasteiger partial charge on any atom is -0.347 e. The second kappa shape index (κ2) is 9.97. The molecular weight excluding hydrogens is 314 g/mol. The molecule has 7 heteroatoms. The molecule has 23 heavy (non-hydrogen) atoms. The summed E-state index contributed by atoms with van der Waals surface area (Å²) >= 11 is 0. The van der Waals surface area contributed by atoms with Crippen molar-refractivity contribution >= 4 is 18.3 Å². The Balaban J connectivity index is 0.00000264. The summed E-state index contributed by atoms with van der Waals surface area (Å²) in [6, 6.07) is 9.92. The van der Waals surface area contributed by atoms with Crippen LogP contribution in [0.15, 0.2) is 36.5 Å². The Kier molecular flexibility index (Phi) is 8.29. The number of rotatable bonds is 8. The van der Waals surface area contributed by atoms with Gasteiger partial charge in [0.05, 0.1) is 12.7 Å². The van der Waals surface area contributed by atoms with E-state index in [-0.39, 0.29) is 24.4 Å². The Labute approximate surface area is 142 Å². The van der Waals surface area contributed by atoms with Crippen molar-refractivity contribution in [3.63, 3.8) is 0 Å². The highest BCUT2D eigenvalue weighted by Crippen LogP contribution is 2.04. The third-order valence-corrected chi connectivity index (χ3v) is 3.48. The van der Waals surface area contributed by atoms with Gasteiger partial charge in [-0.2, -0.15) is 0 Å². The number of aromatic nitrogens is 3. The molecule has 0 radical (unpaired) electrons. The number of halogens is 1. The molecule has 1 atom stereocenters. The van der Waals surface area contributed by atoms with Crippen LogP contribution in [-0.2, 0) is 6.54 Å². The van der Waals surface area contributed by atoms with E-state index in [1.165, 1.54) is 0 Å². The average Bonchev–Trinajstić information content (AvgIpc) is 3.01. The van der Waals surface area contributed by atoms with Crippen molar-refractivity contribution in [2.45, 2.75) is 38.8 Å². The van der Waals surface area contributed by atoms with Gasteiger partial charge in [-0.15, -0.1) is 17.5 Å². The molecule has 1 aromatic heterocycles. The number of nitrogens with one attached hydrogen (secondary N) is 1. The van der Waals surface area contributed by atoms with E-state index < -0.39 is 0 Å². The Morgan fingerprint density at radius 3 is 2.74 bits per heavy atom. The van der Waals surface area contributed by atoms with E-state index in [1.807, 2.05) is 30.3 Å². The van der Waals surface area contributed by atoms with Crippen molar-refractivity contribution in [1.82, 2.24) is 20.3 Å². The average molecular weight is 338 g/mol. The first-order chi connectivity index (χ1) is 10.7. The predicted molar refractivity (Wildman–Crippen MR) is 92.6 cm³/mol. The van der Waals surface area contributed by atoms with Crippen molar-refractivity contribution in [1.29, 1.82) is 0 Å². The van der Waals surface area contributed by atoms with E-state index in [0.29, 0.717) is 18.8 Å². The van der Waals surface area contributed by atoms with Gasteiger partial charge in [-0.3, -0.25) is 4.79 Å². The van der Waals surface area contributed by atoms with Crippen molar-refractivity contribution in [2.75, 3.05) is 6.54 Å². The minimum absolute atomic E-state index is 0. The Morgan fingerprint density at radius 1 is 1.35 bits per heavy atom. The third kappa shape index (κ3) is 6.00. The maximum Gasteiger partial charge on any atom is 0.273 e. The van der Waals surface area contributed by atoms with Gasteiger partial charge in [0.2, 0.25) is 0 Å². The molecule has 1 amide bonds. The summed E-state index contributed by atoms with van der Waals surface area (Å²) < 4.78 is 1.66. The normalized spacial score (nSPS) is 11.6. The van der Waals surface area contributed by atoms with Gasteiger partial charge >= 0.3 is 0 Å². The SMILES string of the molecule is CCCCC(CN)NC(=O)c1cn(Cc2ccccc2)nn1.Cl. The van der Waals surface area contributed by atoms with Crippen LogP contribution < -0.4 is 11.1 Å². The summed E-state index contributed by atoms with van der Waals surface area (Å²) in [7, 11) is 0. The maximum absolute atomic E-state index is 12.2. The smallest absolute Gasteiger partial charge is 0.273 e. The fourth-order valence-electron chi connectivity index (χ4n) is 2.21. The van der Waals surface area contributed by atoms with E-state index in [9.17, 15) is 4.79 Å². The lowest BCUT2D eigenvalue weighted by Gasteiger charge is -2.15. The van der Waals surface area contributed by atoms with E-state index in [2.05, 4.69) is 22.6 Å². The summed E-state index contributed by atoms with van der Waals surface area (Å²) in [6.45, 7) is 3.14. The lowest BCUT2D eigenvalue weighted by Crippen LogP contribution is -2.40. The predicted octanol–water partition coefficient (Wildman–Crippen LogP) is 2.00. The molecule has 1 heterocycles. The molecule has 6 nitrogen and oxygen atoms in total. The van der Waals surface area contributed by atoms with E-state index in [0.717, 1.165) is 24.8 Å². The summed E-state index contributed by atoms with van der Waals surface area (Å²) in [4.78, 5) is 12.2. The zero-order valence-electron chi connectivity index (χ0n) is 13.3. The molecule has 0 saturated carbocycles. The van der Waals surface area contributed by atoms with Gasteiger partial charge in [-0.05, 0) is 12.0 Å². The van der Waals surface area contributed by atoms with Crippen LogP contribution in [0.1, 0.15) is 42.2 Å². The van der Waals surface area contributed by atoms with E-state index >= 15 is 0 Å².